The summed E-state index contributed by atoms with van der Waals surface area (Å²) in [5, 5.41) is 14.3. The minimum atomic E-state index is -0.950. The molecule has 36 heavy (non-hydrogen) atoms. The van der Waals surface area contributed by atoms with Gasteiger partial charge in [0.05, 0.1) is 16.8 Å². The smallest absolute Gasteiger partial charge is 0.275 e. The van der Waals surface area contributed by atoms with E-state index < -0.39 is 24.0 Å². The number of aliphatic hydroxyl groups is 1. The zero-order chi connectivity index (χ0) is 26.0. The molecule has 8 nitrogen and oxygen atoms in total. The molecule has 0 aliphatic carbocycles. The number of rotatable bonds is 7. The molecule has 0 unspecified atom stereocenters. The van der Waals surface area contributed by atoms with E-state index in [-0.39, 0.29) is 41.4 Å². The molecule has 4 rings (SSSR count). The van der Waals surface area contributed by atoms with Gasteiger partial charge in [0.15, 0.2) is 5.75 Å². The molecule has 2 aromatic carbocycles. The number of likely N-dealkylation sites (tertiary alicyclic amines) is 1. The molecule has 0 saturated carbocycles. The predicted molar refractivity (Wildman–Crippen MR) is 131 cm³/mol. The minimum Gasteiger partial charge on any atom is -0.391 e. The van der Waals surface area contributed by atoms with E-state index in [2.05, 4.69) is 10.6 Å². The van der Waals surface area contributed by atoms with Gasteiger partial charge in [0.2, 0.25) is 5.91 Å². The second kappa shape index (κ2) is 10.7. The van der Waals surface area contributed by atoms with Crippen LogP contribution < -0.4 is 10.3 Å². The highest BCUT2D eigenvalue weighted by Gasteiger charge is 2.43. The normalized spacial score (nSPS) is 18.4. The van der Waals surface area contributed by atoms with Crippen molar-refractivity contribution < 1.29 is 28.4 Å². The number of nitrogens with zero attached hydrogens (tertiary/aromatic N) is 2. The first-order chi connectivity index (χ1) is 17.2. The summed E-state index contributed by atoms with van der Waals surface area (Å²) < 4.78 is 19.4. The second-order valence-electron chi connectivity index (χ2n) is 9.18. The summed E-state index contributed by atoms with van der Waals surface area (Å²) in [7, 11) is 0. The standard InChI is InChI=1S/C26H27ClFN3O5/c1-14(2)24(23-10-15(3)29-36-23)26(34)31-13-17(32)12-21(31)25(33)30-35-22-9-8-16(11-19(22)27)18-6-4-5-7-20(18)28/h4-11,14,17,21,24,32H,12-13H2,1-3H3,(H,30,33)/t17-,21+,24-/m1/s1. The van der Waals surface area contributed by atoms with Crippen molar-refractivity contribution in [1.82, 2.24) is 15.5 Å². The first-order valence-corrected chi connectivity index (χ1v) is 12.0. The molecule has 0 radical (unpaired) electrons. The number of aryl methyl sites for hydroxylation is 1. The van der Waals surface area contributed by atoms with Crippen LogP contribution in [0.3, 0.4) is 0 Å². The number of carbonyl (C=O) groups excluding carboxylic acids is 2. The van der Waals surface area contributed by atoms with Crippen molar-refractivity contribution in [3.63, 3.8) is 0 Å². The lowest BCUT2D eigenvalue weighted by atomic mass is 9.91. The van der Waals surface area contributed by atoms with Gasteiger partial charge in [-0.15, -0.1) is 0 Å². The summed E-state index contributed by atoms with van der Waals surface area (Å²) in [4.78, 5) is 33.2. The third-order valence-corrected chi connectivity index (χ3v) is 6.42. The van der Waals surface area contributed by atoms with Crippen LogP contribution in [0.15, 0.2) is 53.1 Å². The van der Waals surface area contributed by atoms with Gasteiger partial charge in [-0.2, -0.15) is 5.48 Å². The summed E-state index contributed by atoms with van der Waals surface area (Å²) in [6, 6.07) is 11.7. The first-order valence-electron chi connectivity index (χ1n) is 11.6. The molecule has 2 heterocycles. The molecule has 1 aliphatic heterocycles. The van der Waals surface area contributed by atoms with Crippen molar-refractivity contribution in [2.75, 3.05) is 6.54 Å². The maximum Gasteiger partial charge on any atom is 0.275 e. The predicted octanol–water partition coefficient (Wildman–Crippen LogP) is 4.25. The Bertz CT molecular complexity index is 1260. The molecule has 2 N–H and O–H groups in total. The van der Waals surface area contributed by atoms with Crippen LogP contribution in [0.4, 0.5) is 4.39 Å². The number of β-amino-alcohol motifs (C(OH)–C–C–N with tert-alkyl or cyclic N) is 1. The van der Waals surface area contributed by atoms with E-state index in [1.165, 1.54) is 23.1 Å². The van der Waals surface area contributed by atoms with Crippen LogP contribution in [0.2, 0.25) is 5.02 Å². The number of aliphatic hydroxyl groups excluding tert-OH is 1. The van der Waals surface area contributed by atoms with Crippen molar-refractivity contribution in [3.8, 4) is 16.9 Å². The van der Waals surface area contributed by atoms with Crippen LogP contribution in [0.5, 0.6) is 5.75 Å². The molecular formula is C26H27ClFN3O5. The van der Waals surface area contributed by atoms with Crippen LogP contribution in [-0.2, 0) is 9.59 Å². The van der Waals surface area contributed by atoms with Crippen molar-refractivity contribution in [3.05, 3.63) is 70.8 Å². The molecule has 1 saturated heterocycles. The highest BCUT2D eigenvalue weighted by Crippen LogP contribution is 2.33. The molecule has 0 bridgehead atoms. The summed E-state index contributed by atoms with van der Waals surface area (Å²) in [5.74, 6) is -1.57. The zero-order valence-electron chi connectivity index (χ0n) is 20.1. The third kappa shape index (κ3) is 5.37. The lowest BCUT2D eigenvalue weighted by Crippen LogP contribution is -2.48. The van der Waals surface area contributed by atoms with Gasteiger partial charge in [-0.25, -0.2) is 4.39 Å². The van der Waals surface area contributed by atoms with E-state index in [0.29, 0.717) is 22.6 Å². The van der Waals surface area contributed by atoms with E-state index in [9.17, 15) is 19.1 Å². The highest BCUT2D eigenvalue weighted by atomic mass is 35.5. The Morgan fingerprint density at radius 2 is 2.00 bits per heavy atom. The average Bonchev–Trinajstić information content (AvgIpc) is 3.43. The fourth-order valence-electron chi connectivity index (χ4n) is 4.37. The number of amides is 2. The van der Waals surface area contributed by atoms with Gasteiger partial charge in [0, 0.05) is 24.6 Å². The van der Waals surface area contributed by atoms with Crippen LogP contribution >= 0.6 is 11.6 Å². The Balaban J connectivity index is 1.47. The molecule has 1 fully saturated rings. The third-order valence-electron chi connectivity index (χ3n) is 6.13. The van der Waals surface area contributed by atoms with Crippen LogP contribution in [-0.4, -0.2) is 45.7 Å². The number of hydrogen-bond donors (Lipinski definition) is 2. The van der Waals surface area contributed by atoms with E-state index >= 15 is 0 Å². The Kier molecular flexibility index (Phi) is 7.61. The van der Waals surface area contributed by atoms with Gasteiger partial charge in [0.25, 0.3) is 5.91 Å². The van der Waals surface area contributed by atoms with Crippen molar-refractivity contribution in [2.24, 2.45) is 5.92 Å². The van der Waals surface area contributed by atoms with Gasteiger partial charge < -0.3 is 19.4 Å². The Morgan fingerprint density at radius 1 is 1.25 bits per heavy atom. The number of benzene rings is 2. The fraction of sp³-hybridized carbons (Fsp3) is 0.346. The van der Waals surface area contributed by atoms with Crippen LogP contribution in [0.25, 0.3) is 11.1 Å². The number of hydroxylamine groups is 1. The fourth-order valence-corrected chi connectivity index (χ4v) is 4.59. The number of carbonyl (C=O) groups is 2. The summed E-state index contributed by atoms with van der Waals surface area (Å²) >= 11 is 6.30. The average molecular weight is 516 g/mol. The number of nitrogens with one attached hydrogen (secondary N) is 1. The molecular weight excluding hydrogens is 489 g/mol. The number of aromatic nitrogens is 1. The Hall–Kier alpha value is -3.43. The summed E-state index contributed by atoms with van der Waals surface area (Å²) in [6.45, 7) is 5.51. The molecule has 2 amide bonds. The quantitative estimate of drug-likeness (QED) is 0.456. The van der Waals surface area contributed by atoms with Crippen LogP contribution in [0, 0.1) is 18.7 Å². The van der Waals surface area contributed by atoms with Gasteiger partial charge in [-0.1, -0.05) is 54.9 Å². The lowest BCUT2D eigenvalue weighted by molar-refractivity contribution is -0.143. The molecule has 10 heteroatoms. The van der Waals surface area contributed by atoms with Crippen molar-refractivity contribution >= 4 is 23.4 Å². The molecule has 3 aromatic rings. The van der Waals surface area contributed by atoms with E-state index in [1.807, 2.05) is 13.8 Å². The number of halogens is 2. The molecule has 1 aromatic heterocycles. The van der Waals surface area contributed by atoms with Crippen molar-refractivity contribution in [2.45, 2.75) is 45.3 Å². The second-order valence-corrected chi connectivity index (χ2v) is 9.59. The van der Waals surface area contributed by atoms with E-state index in [0.717, 1.165) is 0 Å². The van der Waals surface area contributed by atoms with Gasteiger partial charge in [0.1, 0.15) is 23.5 Å². The minimum absolute atomic E-state index is 0.00531. The molecule has 1 aliphatic rings. The van der Waals surface area contributed by atoms with Gasteiger partial charge >= 0.3 is 0 Å². The monoisotopic (exact) mass is 515 g/mol. The van der Waals surface area contributed by atoms with Crippen molar-refractivity contribution in [1.29, 1.82) is 0 Å². The molecule has 190 valence electrons. The SMILES string of the molecule is Cc1cc([C@H](C(=O)N2C[C@H](O)C[C@H]2C(=O)NOc2ccc(-c3ccccc3F)cc2Cl)C(C)C)on1. The maximum absolute atomic E-state index is 14.1. The highest BCUT2D eigenvalue weighted by molar-refractivity contribution is 6.32. The molecule has 3 atom stereocenters. The first kappa shape index (κ1) is 25.7. The van der Waals surface area contributed by atoms with Crippen LogP contribution in [0.1, 0.15) is 37.6 Å². The van der Waals surface area contributed by atoms with Gasteiger partial charge in [-0.05, 0) is 36.6 Å². The van der Waals surface area contributed by atoms with E-state index in [4.69, 9.17) is 21.0 Å². The topological polar surface area (TPSA) is 105 Å². The summed E-state index contributed by atoms with van der Waals surface area (Å²) in [6.07, 6.45) is -0.807. The zero-order valence-corrected chi connectivity index (χ0v) is 20.8. The number of hydrogen-bond acceptors (Lipinski definition) is 6. The Labute approximate surface area is 212 Å². The Morgan fingerprint density at radius 3 is 2.64 bits per heavy atom. The van der Waals surface area contributed by atoms with E-state index in [1.54, 1.807) is 37.3 Å². The lowest BCUT2D eigenvalue weighted by Gasteiger charge is -2.28. The molecule has 0 spiro atoms. The largest absolute Gasteiger partial charge is 0.391 e. The van der Waals surface area contributed by atoms with Gasteiger partial charge in [-0.3, -0.25) is 9.59 Å². The summed E-state index contributed by atoms with van der Waals surface area (Å²) in [5.41, 5.74) is 3.91. The maximum atomic E-state index is 14.1.